The number of halogens is 1. The zero-order chi connectivity index (χ0) is 28.7. The molecule has 38 heavy (non-hydrogen) atoms. The number of primary amides is 1. The van der Waals surface area contributed by atoms with Crippen molar-refractivity contribution >= 4 is 33.6 Å². The molecule has 0 saturated heterocycles. The Hall–Kier alpha value is -2.76. The Morgan fingerprint density at radius 1 is 1.18 bits per heavy atom. The molecule has 0 saturated carbocycles. The lowest BCUT2D eigenvalue weighted by Crippen LogP contribution is -2.63. The molecule has 12 heteroatoms. The number of benzene rings is 1. The number of nitrogens with two attached hydrogens (primary N) is 1. The van der Waals surface area contributed by atoms with Crippen molar-refractivity contribution in [3.63, 3.8) is 0 Å². The number of hydrogen-bond donors (Lipinski definition) is 3. The van der Waals surface area contributed by atoms with Gasteiger partial charge in [0.15, 0.2) is 0 Å². The fourth-order valence-electron chi connectivity index (χ4n) is 4.45. The summed E-state index contributed by atoms with van der Waals surface area (Å²) in [6.45, 7) is 7.78. The van der Waals surface area contributed by atoms with Crippen LogP contribution in [0.3, 0.4) is 0 Å². The summed E-state index contributed by atoms with van der Waals surface area (Å²) in [6.07, 6.45) is 3.48. The molecule has 1 aromatic rings. The molecule has 0 heterocycles. The predicted octanol–water partition coefficient (Wildman–Crippen LogP) is 4.96. The Labute approximate surface area is 229 Å². The highest BCUT2D eigenvalue weighted by atomic mass is 35.5. The Balaban J connectivity index is 2.48. The van der Waals surface area contributed by atoms with Crippen molar-refractivity contribution < 1.29 is 32.6 Å². The van der Waals surface area contributed by atoms with Crippen LogP contribution >= 0.6 is 11.6 Å². The van der Waals surface area contributed by atoms with Crippen molar-refractivity contribution in [3.8, 4) is 0 Å². The molecule has 0 bridgehead atoms. The predicted molar refractivity (Wildman–Crippen MR) is 144 cm³/mol. The van der Waals surface area contributed by atoms with Gasteiger partial charge in [-0.1, -0.05) is 45.2 Å². The minimum absolute atomic E-state index is 0.0123. The molecule has 2 rings (SSSR count). The Morgan fingerprint density at radius 3 is 2.34 bits per heavy atom. The highest BCUT2D eigenvalue weighted by Crippen LogP contribution is 2.44. The molecule has 1 aliphatic rings. The Bertz CT molecular complexity index is 1170. The third kappa shape index (κ3) is 7.64. The molecular weight excluding hydrogens is 534 g/mol. The average molecular weight is 572 g/mol. The maximum Gasteiger partial charge on any atom is 0.330 e. The Morgan fingerprint density at radius 2 is 1.82 bits per heavy atom. The number of unbranched alkanes of at least 4 members (excludes halogenated alkanes) is 2. The molecule has 0 aliphatic heterocycles. The molecule has 212 valence electrons. The molecule has 10 nitrogen and oxygen atoms in total. The molecule has 0 spiro atoms. The second kappa shape index (κ2) is 12.9. The van der Waals surface area contributed by atoms with Gasteiger partial charge in [-0.05, 0) is 61.1 Å². The van der Waals surface area contributed by atoms with Gasteiger partial charge in [-0.3, -0.25) is 4.79 Å². The van der Waals surface area contributed by atoms with E-state index >= 15 is 0 Å². The second-order valence-corrected chi connectivity index (χ2v) is 12.2. The standard InChI is InChI=1S/C26H38ClN3O7S/c1-6-37-23(32)10-8-7-9-15-26(17-21(31)20(25(2,3)4)16-22(26)36-5)30(24(28)33)29-38(34,35)19-13-11-18(27)12-14-19/h11-14,16,29,31H,6-10,15,17H2,1-5H3,(H2,28,33). The number of carbonyl (C=O) groups excluding carboxylic acids is 2. The largest absolute Gasteiger partial charge is 0.512 e. The van der Waals surface area contributed by atoms with Crippen LogP contribution in [-0.2, 0) is 24.3 Å². The number of aliphatic hydroxyl groups is 1. The van der Waals surface area contributed by atoms with Crippen molar-refractivity contribution in [1.29, 1.82) is 0 Å². The molecule has 0 aromatic heterocycles. The zero-order valence-corrected chi connectivity index (χ0v) is 24.1. The number of esters is 1. The van der Waals surface area contributed by atoms with E-state index in [9.17, 15) is 23.1 Å². The normalized spacial score (nSPS) is 18.1. The summed E-state index contributed by atoms with van der Waals surface area (Å²) in [4.78, 5) is 26.7. The molecule has 1 aromatic carbocycles. The van der Waals surface area contributed by atoms with Crippen LogP contribution in [0.2, 0.25) is 5.02 Å². The number of sulfonamides is 1. The maximum absolute atomic E-state index is 13.3. The number of ether oxygens (including phenoxy) is 2. The van der Waals surface area contributed by atoms with Gasteiger partial charge in [-0.15, -0.1) is 4.83 Å². The second-order valence-electron chi connectivity index (χ2n) is 10.1. The van der Waals surface area contributed by atoms with Gasteiger partial charge in [0.1, 0.15) is 11.3 Å². The van der Waals surface area contributed by atoms with Gasteiger partial charge in [0.2, 0.25) is 0 Å². The summed E-state index contributed by atoms with van der Waals surface area (Å²) < 4.78 is 37.2. The summed E-state index contributed by atoms with van der Waals surface area (Å²) in [5.41, 5.74) is 4.41. The first-order valence-corrected chi connectivity index (χ1v) is 14.3. The van der Waals surface area contributed by atoms with Crippen LogP contribution in [-0.4, -0.2) is 49.8 Å². The summed E-state index contributed by atoms with van der Waals surface area (Å²) in [7, 11) is -2.86. The fraction of sp³-hybridized carbons (Fsp3) is 0.538. The Kier molecular flexibility index (Phi) is 10.6. The maximum atomic E-state index is 13.3. The third-order valence-electron chi connectivity index (χ3n) is 6.29. The summed E-state index contributed by atoms with van der Waals surface area (Å²) in [5, 5.41) is 12.3. The topological polar surface area (TPSA) is 148 Å². The lowest BCUT2D eigenvalue weighted by Gasteiger charge is -2.46. The highest BCUT2D eigenvalue weighted by molar-refractivity contribution is 7.89. The van der Waals surface area contributed by atoms with E-state index in [4.69, 9.17) is 26.8 Å². The van der Waals surface area contributed by atoms with Gasteiger partial charge in [-0.25, -0.2) is 18.2 Å². The van der Waals surface area contributed by atoms with Crippen LogP contribution in [0.1, 0.15) is 66.2 Å². The number of nitrogens with zero attached hydrogens (tertiary/aromatic N) is 1. The van der Waals surface area contributed by atoms with Crippen LogP contribution in [0.4, 0.5) is 4.79 Å². The van der Waals surface area contributed by atoms with Gasteiger partial charge < -0.3 is 20.3 Å². The van der Waals surface area contributed by atoms with Crippen LogP contribution in [0.25, 0.3) is 0 Å². The van der Waals surface area contributed by atoms with Gasteiger partial charge in [-0.2, -0.15) is 0 Å². The number of rotatable bonds is 12. The van der Waals surface area contributed by atoms with Gasteiger partial charge in [0.25, 0.3) is 10.0 Å². The molecule has 2 amide bonds. The number of hydrazine groups is 1. The average Bonchev–Trinajstić information content (AvgIpc) is 2.82. The smallest absolute Gasteiger partial charge is 0.330 e. The number of methoxy groups -OCH3 is 1. The highest BCUT2D eigenvalue weighted by Gasteiger charge is 2.49. The zero-order valence-electron chi connectivity index (χ0n) is 22.5. The third-order valence-corrected chi connectivity index (χ3v) is 7.86. The monoisotopic (exact) mass is 571 g/mol. The molecule has 4 N–H and O–H groups in total. The number of amides is 2. The number of hydrogen-bond acceptors (Lipinski definition) is 7. The van der Waals surface area contributed by atoms with E-state index in [1.165, 1.54) is 31.4 Å². The van der Waals surface area contributed by atoms with E-state index in [-0.39, 0.29) is 41.6 Å². The number of allylic oxidation sites excluding steroid dienone is 2. The molecular formula is C26H38ClN3O7S. The van der Waals surface area contributed by atoms with E-state index < -0.39 is 27.0 Å². The summed E-state index contributed by atoms with van der Waals surface area (Å²) in [5.74, 6) is -0.0489. The van der Waals surface area contributed by atoms with Gasteiger partial charge >= 0.3 is 12.0 Å². The van der Waals surface area contributed by atoms with E-state index in [0.717, 1.165) is 5.01 Å². The van der Waals surface area contributed by atoms with Crippen molar-refractivity contribution in [2.24, 2.45) is 11.1 Å². The van der Waals surface area contributed by atoms with Crippen LogP contribution in [0.15, 0.2) is 52.3 Å². The quantitative estimate of drug-likeness (QED) is 0.182. The fourth-order valence-corrected chi connectivity index (χ4v) is 5.68. The number of nitrogens with one attached hydrogen (secondary N) is 1. The van der Waals surface area contributed by atoms with Crippen molar-refractivity contribution in [2.45, 2.75) is 76.7 Å². The van der Waals surface area contributed by atoms with E-state index in [0.29, 0.717) is 36.5 Å². The minimum atomic E-state index is -4.28. The lowest BCUT2D eigenvalue weighted by molar-refractivity contribution is -0.143. The number of urea groups is 1. The number of carbonyl (C=O) groups is 2. The molecule has 1 atom stereocenters. The molecule has 0 radical (unpaired) electrons. The SMILES string of the molecule is CCOC(=O)CCCCCC1(N(NS(=O)(=O)c2ccc(Cl)cc2)C(N)=O)CC(O)=C(C(C)(C)C)C=C1OC. The molecule has 1 aliphatic carbocycles. The van der Waals surface area contributed by atoms with Crippen LogP contribution < -0.4 is 10.6 Å². The molecule has 1 unspecified atom stereocenters. The van der Waals surface area contributed by atoms with E-state index in [1.807, 2.05) is 20.8 Å². The lowest BCUT2D eigenvalue weighted by atomic mass is 9.74. The van der Waals surface area contributed by atoms with E-state index in [2.05, 4.69) is 4.83 Å². The first kappa shape index (κ1) is 31.5. The molecule has 0 fully saturated rings. The van der Waals surface area contributed by atoms with Crippen LogP contribution in [0, 0.1) is 5.41 Å². The first-order valence-electron chi connectivity index (χ1n) is 12.4. The summed E-state index contributed by atoms with van der Waals surface area (Å²) >= 11 is 5.90. The number of aliphatic hydroxyl groups excluding tert-OH is 1. The van der Waals surface area contributed by atoms with Crippen molar-refractivity contribution in [2.75, 3.05) is 13.7 Å². The first-order chi connectivity index (χ1) is 17.7. The van der Waals surface area contributed by atoms with Crippen molar-refractivity contribution in [1.82, 2.24) is 9.84 Å². The summed E-state index contributed by atoms with van der Waals surface area (Å²) in [6, 6.07) is 4.35. The minimum Gasteiger partial charge on any atom is -0.512 e. The van der Waals surface area contributed by atoms with Gasteiger partial charge in [0, 0.05) is 17.9 Å². The van der Waals surface area contributed by atoms with Gasteiger partial charge in [0.05, 0.1) is 24.4 Å². The van der Waals surface area contributed by atoms with Crippen molar-refractivity contribution in [3.05, 3.63) is 52.5 Å². The van der Waals surface area contributed by atoms with E-state index in [1.54, 1.807) is 13.0 Å². The van der Waals surface area contributed by atoms with Crippen LogP contribution in [0.5, 0.6) is 0 Å².